The number of rotatable bonds is 2. The number of hydrogen-bond donors (Lipinski definition) is 1. The molecule has 0 aromatic heterocycles. The van der Waals surface area contributed by atoms with E-state index in [4.69, 9.17) is 16.9 Å². The molecule has 2 nitrogen and oxygen atoms in total. The minimum absolute atomic E-state index is 0.0399. The van der Waals surface area contributed by atoms with E-state index in [1.807, 2.05) is 6.92 Å². The standard InChI is InChI=1S/C14H9ClF2N2/c1-8-2-4-10(15)6-12(8)19-11-5-3-9(7-18)13(16)14(11)17/h2-6,19H,1H3. The van der Waals surface area contributed by atoms with Gasteiger partial charge in [-0.15, -0.1) is 0 Å². The highest BCUT2D eigenvalue weighted by Crippen LogP contribution is 2.27. The van der Waals surface area contributed by atoms with E-state index in [2.05, 4.69) is 5.32 Å². The monoisotopic (exact) mass is 278 g/mol. The third kappa shape index (κ3) is 2.67. The molecule has 0 spiro atoms. The molecule has 0 unspecified atom stereocenters. The van der Waals surface area contributed by atoms with Gasteiger partial charge in [-0.05, 0) is 36.8 Å². The Hall–Kier alpha value is -2.12. The van der Waals surface area contributed by atoms with Gasteiger partial charge in [0.15, 0.2) is 11.6 Å². The first-order chi connectivity index (χ1) is 9.02. The lowest BCUT2D eigenvalue weighted by molar-refractivity contribution is 0.509. The zero-order valence-electron chi connectivity index (χ0n) is 9.97. The topological polar surface area (TPSA) is 35.8 Å². The average molecular weight is 279 g/mol. The van der Waals surface area contributed by atoms with E-state index in [1.54, 1.807) is 24.3 Å². The van der Waals surface area contributed by atoms with Gasteiger partial charge < -0.3 is 5.32 Å². The van der Waals surface area contributed by atoms with Crippen molar-refractivity contribution in [3.63, 3.8) is 0 Å². The minimum Gasteiger partial charge on any atom is -0.353 e. The van der Waals surface area contributed by atoms with Gasteiger partial charge in [0.05, 0.1) is 11.3 Å². The zero-order valence-corrected chi connectivity index (χ0v) is 10.7. The molecule has 0 atom stereocenters. The highest BCUT2D eigenvalue weighted by molar-refractivity contribution is 6.30. The Morgan fingerprint density at radius 1 is 1.11 bits per heavy atom. The SMILES string of the molecule is Cc1ccc(Cl)cc1Nc1ccc(C#N)c(F)c1F. The van der Waals surface area contributed by atoms with Crippen molar-refractivity contribution in [3.8, 4) is 6.07 Å². The maximum atomic E-state index is 13.7. The molecule has 0 heterocycles. The molecule has 0 radical (unpaired) electrons. The van der Waals surface area contributed by atoms with E-state index in [0.717, 1.165) is 5.56 Å². The highest BCUT2D eigenvalue weighted by Gasteiger charge is 2.13. The summed E-state index contributed by atoms with van der Waals surface area (Å²) in [7, 11) is 0. The van der Waals surface area contributed by atoms with Gasteiger partial charge in [-0.2, -0.15) is 5.26 Å². The third-order valence-corrected chi connectivity index (χ3v) is 2.91. The van der Waals surface area contributed by atoms with E-state index in [1.165, 1.54) is 12.1 Å². The van der Waals surface area contributed by atoms with Crippen molar-refractivity contribution in [1.29, 1.82) is 5.26 Å². The van der Waals surface area contributed by atoms with Gasteiger partial charge >= 0.3 is 0 Å². The molecule has 0 aliphatic heterocycles. The maximum Gasteiger partial charge on any atom is 0.183 e. The van der Waals surface area contributed by atoms with Crippen LogP contribution >= 0.6 is 11.6 Å². The molecule has 5 heteroatoms. The molecule has 96 valence electrons. The Balaban J connectivity index is 2.42. The van der Waals surface area contributed by atoms with E-state index >= 15 is 0 Å². The predicted octanol–water partition coefficient (Wildman–Crippen LogP) is 4.54. The summed E-state index contributed by atoms with van der Waals surface area (Å²) in [6.45, 7) is 1.82. The molecular weight excluding hydrogens is 270 g/mol. The predicted molar refractivity (Wildman–Crippen MR) is 70.5 cm³/mol. The van der Waals surface area contributed by atoms with Crippen molar-refractivity contribution in [2.24, 2.45) is 0 Å². The average Bonchev–Trinajstić information content (AvgIpc) is 2.39. The summed E-state index contributed by atoms with van der Waals surface area (Å²) in [5.74, 6) is -2.24. The Labute approximate surface area is 114 Å². The maximum absolute atomic E-state index is 13.7. The van der Waals surface area contributed by atoms with Gasteiger partial charge in [0.1, 0.15) is 6.07 Å². The van der Waals surface area contributed by atoms with Crippen LogP contribution in [-0.2, 0) is 0 Å². The number of nitrogens with zero attached hydrogens (tertiary/aromatic N) is 1. The van der Waals surface area contributed by atoms with E-state index in [-0.39, 0.29) is 11.3 Å². The number of benzene rings is 2. The van der Waals surface area contributed by atoms with Crippen LogP contribution in [0.1, 0.15) is 11.1 Å². The van der Waals surface area contributed by atoms with Crippen LogP contribution in [0.2, 0.25) is 5.02 Å². The van der Waals surface area contributed by atoms with Crippen molar-refractivity contribution >= 4 is 23.0 Å². The number of hydrogen-bond acceptors (Lipinski definition) is 2. The number of aryl methyl sites for hydroxylation is 1. The quantitative estimate of drug-likeness (QED) is 0.875. The van der Waals surface area contributed by atoms with Gasteiger partial charge in [0.2, 0.25) is 0 Å². The summed E-state index contributed by atoms with van der Waals surface area (Å²) in [5.41, 5.74) is 1.05. The van der Waals surface area contributed by atoms with Crippen LogP contribution in [0.25, 0.3) is 0 Å². The number of nitriles is 1. The third-order valence-electron chi connectivity index (χ3n) is 2.67. The normalized spacial score (nSPS) is 10.1. The molecule has 0 amide bonds. The highest BCUT2D eigenvalue weighted by atomic mass is 35.5. The summed E-state index contributed by atoms with van der Waals surface area (Å²) < 4.78 is 27.2. The van der Waals surface area contributed by atoms with Crippen LogP contribution in [0.5, 0.6) is 0 Å². The lowest BCUT2D eigenvalue weighted by atomic mass is 10.1. The van der Waals surface area contributed by atoms with Crippen LogP contribution in [0.15, 0.2) is 30.3 Å². The molecular formula is C14H9ClF2N2. The second-order valence-corrected chi connectivity index (χ2v) is 4.42. The summed E-state index contributed by atoms with van der Waals surface area (Å²) >= 11 is 5.85. The van der Waals surface area contributed by atoms with Crippen molar-refractivity contribution in [2.45, 2.75) is 6.92 Å². The van der Waals surface area contributed by atoms with Gasteiger partial charge in [0.25, 0.3) is 0 Å². The largest absolute Gasteiger partial charge is 0.353 e. The number of nitrogens with one attached hydrogen (secondary N) is 1. The molecule has 0 saturated carbocycles. The van der Waals surface area contributed by atoms with E-state index in [0.29, 0.717) is 10.7 Å². The molecule has 0 fully saturated rings. The number of anilines is 2. The van der Waals surface area contributed by atoms with Crippen LogP contribution in [0.4, 0.5) is 20.2 Å². The lowest BCUT2D eigenvalue weighted by Gasteiger charge is -2.11. The Morgan fingerprint density at radius 3 is 2.53 bits per heavy atom. The second-order valence-electron chi connectivity index (χ2n) is 3.98. The fraction of sp³-hybridized carbons (Fsp3) is 0.0714. The molecule has 0 aliphatic carbocycles. The minimum atomic E-state index is -1.16. The summed E-state index contributed by atoms with van der Waals surface area (Å²) in [6.07, 6.45) is 0. The Bertz CT molecular complexity index is 678. The molecule has 2 aromatic rings. The van der Waals surface area contributed by atoms with Crippen LogP contribution in [0.3, 0.4) is 0 Å². The molecule has 0 aliphatic rings. The van der Waals surface area contributed by atoms with Crippen LogP contribution in [0, 0.1) is 29.9 Å². The lowest BCUT2D eigenvalue weighted by Crippen LogP contribution is -1.99. The van der Waals surface area contributed by atoms with Crippen molar-refractivity contribution in [1.82, 2.24) is 0 Å². The fourth-order valence-electron chi connectivity index (χ4n) is 1.61. The Kier molecular flexibility index (Phi) is 3.68. The number of halogens is 3. The molecule has 1 N–H and O–H groups in total. The molecule has 19 heavy (non-hydrogen) atoms. The second kappa shape index (κ2) is 5.25. The van der Waals surface area contributed by atoms with Gasteiger partial charge in [0, 0.05) is 10.7 Å². The first-order valence-electron chi connectivity index (χ1n) is 5.44. The summed E-state index contributed by atoms with van der Waals surface area (Å²) in [5, 5.41) is 11.9. The summed E-state index contributed by atoms with van der Waals surface area (Å²) in [4.78, 5) is 0. The zero-order chi connectivity index (χ0) is 14.0. The van der Waals surface area contributed by atoms with E-state index in [9.17, 15) is 8.78 Å². The van der Waals surface area contributed by atoms with Crippen LogP contribution in [-0.4, -0.2) is 0 Å². The smallest absolute Gasteiger partial charge is 0.183 e. The molecule has 2 aromatic carbocycles. The Morgan fingerprint density at radius 2 is 1.84 bits per heavy atom. The van der Waals surface area contributed by atoms with Gasteiger partial charge in [-0.3, -0.25) is 0 Å². The summed E-state index contributed by atoms with van der Waals surface area (Å²) in [6, 6.07) is 9.21. The fourth-order valence-corrected chi connectivity index (χ4v) is 1.78. The first kappa shape index (κ1) is 13.3. The van der Waals surface area contributed by atoms with Crippen molar-refractivity contribution in [2.75, 3.05) is 5.32 Å². The first-order valence-corrected chi connectivity index (χ1v) is 5.82. The van der Waals surface area contributed by atoms with Crippen molar-refractivity contribution in [3.05, 3.63) is 58.1 Å². The van der Waals surface area contributed by atoms with E-state index < -0.39 is 11.6 Å². The molecule has 0 bridgehead atoms. The molecule has 2 rings (SSSR count). The van der Waals surface area contributed by atoms with Gasteiger partial charge in [-0.25, -0.2) is 8.78 Å². The van der Waals surface area contributed by atoms with Crippen molar-refractivity contribution < 1.29 is 8.78 Å². The van der Waals surface area contributed by atoms with Crippen LogP contribution < -0.4 is 5.32 Å². The van der Waals surface area contributed by atoms with Gasteiger partial charge in [-0.1, -0.05) is 17.7 Å². The molecule has 0 saturated heterocycles.